The van der Waals surface area contributed by atoms with E-state index in [0.717, 1.165) is 18.7 Å². The predicted molar refractivity (Wildman–Crippen MR) is 76.1 cm³/mol. The van der Waals surface area contributed by atoms with Crippen LogP contribution in [0, 0.1) is 0 Å². The lowest BCUT2D eigenvalue weighted by Crippen LogP contribution is -2.17. The van der Waals surface area contributed by atoms with Gasteiger partial charge in [0.05, 0.1) is 6.61 Å². The van der Waals surface area contributed by atoms with Crippen molar-refractivity contribution in [2.45, 2.75) is 39.8 Å². The van der Waals surface area contributed by atoms with Gasteiger partial charge in [-0.05, 0) is 51.0 Å². The summed E-state index contributed by atoms with van der Waals surface area (Å²) in [6.45, 7) is 7.88. The number of hydrogen-bond acceptors (Lipinski definition) is 2. The topological polar surface area (TPSA) is 40.2 Å². The van der Waals surface area contributed by atoms with E-state index in [1.54, 1.807) is 0 Å². The number of fused-ring (bicyclic) bond motifs is 1. The van der Waals surface area contributed by atoms with E-state index < -0.39 is 0 Å². The highest BCUT2D eigenvalue weighted by Crippen LogP contribution is 2.27. The van der Waals surface area contributed by atoms with E-state index in [1.165, 1.54) is 16.5 Å². The minimum atomic E-state index is 0.177. The van der Waals surface area contributed by atoms with Crippen LogP contribution in [0.5, 0.6) is 5.75 Å². The first-order valence-electron chi connectivity index (χ1n) is 6.65. The minimum absolute atomic E-state index is 0.177. The van der Waals surface area contributed by atoms with E-state index in [9.17, 15) is 0 Å². The second-order valence-corrected chi connectivity index (χ2v) is 4.73. The maximum absolute atomic E-state index is 5.92. The van der Waals surface area contributed by atoms with Crippen LogP contribution in [0.3, 0.4) is 0 Å². The Balaban J connectivity index is 2.50. The smallest absolute Gasteiger partial charge is 0.120 e. The Morgan fingerprint density at radius 3 is 2.72 bits per heavy atom. The Morgan fingerprint density at radius 1 is 1.33 bits per heavy atom. The zero-order valence-corrected chi connectivity index (χ0v) is 11.4. The van der Waals surface area contributed by atoms with E-state index in [1.807, 2.05) is 19.9 Å². The number of nitrogens with two attached hydrogens (primary N) is 1. The molecule has 0 aliphatic carbocycles. The van der Waals surface area contributed by atoms with Gasteiger partial charge in [-0.25, -0.2) is 0 Å². The van der Waals surface area contributed by atoms with Crippen LogP contribution in [-0.2, 0) is 13.0 Å². The Labute approximate surface area is 109 Å². The van der Waals surface area contributed by atoms with E-state index in [-0.39, 0.29) is 6.04 Å². The van der Waals surface area contributed by atoms with Gasteiger partial charge in [-0.15, -0.1) is 0 Å². The van der Waals surface area contributed by atoms with Crippen LogP contribution in [0.15, 0.2) is 24.4 Å². The quantitative estimate of drug-likeness (QED) is 0.881. The summed E-state index contributed by atoms with van der Waals surface area (Å²) in [6.07, 6.45) is 3.11. The predicted octanol–water partition coefficient (Wildman–Crippen LogP) is 2.95. The fourth-order valence-corrected chi connectivity index (χ4v) is 2.38. The zero-order valence-electron chi connectivity index (χ0n) is 11.4. The molecule has 18 heavy (non-hydrogen) atoms. The molecule has 0 bridgehead atoms. The summed E-state index contributed by atoms with van der Waals surface area (Å²) in [5, 5.41) is 1.26. The van der Waals surface area contributed by atoms with Gasteiger partial charge in [-0.1, -0.05) is 0 Å². The van der Waals surface area contributed by atoms with Crippen molar-refractivity contribution in [3.05, 3.63) is 30.0 Å². The molecule has 0 fully saturated rings. The van der Waals surface area contributed by atoms with Gasteiger partial charge in [0, 0.05) is 29.7 Å². The Bertz CT molecular complexity index is 529. The summed E-state index contributed by atoms with van der Waals surface area (Å²) in [5.74, 6) is 0.935. The highest BCUT2D eigenvalue weighted by Gasteiger charge is 2.10. The van der Waals surface area contributed by atoms with Gasteiger partial charge in [-0.3, -0.25) is 0 Å². The van der Waals surface area contributed by atoms with Crippen LogP contribution in [0.1, 0.15) is 26.3 Å². The third-order valence-corrected chi connectivity index (χ3v) is 3.13. The van der Waals surface area contributed by atoms with Crippen LogP contribution < -0.4 is 10.5 Å². The molecule has 1 atom stereocenters. The van der Waals surface area contributed by atoms with Gasteiger partial charge in [0.1, 0.15) is 5.75 Å². The summed E-state index contributed by atoms with van der Waals surface area (Å²) in [4.78, 5) is 0. The standard InChI is InChI=1S/C15H22N2O/c1-4-17-10-12(8-11(3)16)14-9-13(18-5-2)6-7-15(14)17/h6-7,9-11H,4-5,8,16H2,1-3H3. The average molecular weight is 246 g/mol. The number of ether oxygens (including phenoxy) is 1. The maximum Gasteiger partial charge on any atom is 0.120 e. The number of nitrogens with zero attached hydrogens (tertiary/aromatic N) is 1. The van der Waals surface area contributed by atoms with Crippen molar-refractivity contribution in [3.8, 4) is 5.75 Å². The van der Waals surface area contributed by atoms with Crippen LogP contribution in [0.2, 0.25) is 0 Å². The monoisotopic (exact) mass is 246 g/mol. The lowest BCUT2D eigenvalue weighted by atomic mass is 10.1. The molecular formula is C15H22N2O. The van der Waals surface area contributed by atoms with Crippen molar-refractivity contribution in [1.29, 1.82) is 0 Å². The molecule has 1 heterocycles. The fraction of sp³-hybridized carbons (Fsp3) is 0.467. The molecule has 0 amide bonds. The number of aromatic nitrogens is 1. The number of benzene rings is 1. The highest BCUT2D eigenvalue weighted by molar-refractivity contribution is 5.85. The van der Waals surface area contributed by atoms with Crippen molar-refractivity contribution in [1.82, 2.24) is 4.57 Å². The molecule has 0 saturated heterocycles. The minimum Gasteiger partial charge on any atom is -0.494 e. The molecule has 3 nitrogen and oxygen atoms in total. The van der Waals surface area contributed by atoms with E-state index in [4.69, 9.17) is 10.5 Å². The molecule has 1 aromatic heterocycles. The second-order valence-electron chi connectivity index (χ2n) is 4.73. The molecule has 98 valence electrons. The first-order chi connectivity index (χ1) is 8.65. The fourth-order valence-electron chi connectivity index (χ4n) is 2.38. The first kappa shape index (κ1) is 13.0. The molecule has 1 unspecified atom stereocenters. The molecule has 2 aromatic rings. The number of hydrogen-bond donors (Lipinski definition) is 1. The van der Waals surface area contributed by atoms with Crippen molar-refractivity contribution in [3.63, 3.8) is 0 Å². The number of aryl methyl sites for hydroxylation is 1. The van der Waals surface area contributed by atoms with Crippen molar-refractivity contribution in [2.24, 2.45) is 5.73 Å². The van der Waals surface area contributed by atoms with Crippen LogP contribution >= 0.6 is 0 Å². The van der Waals surface area contributed by atoms with Crippen molar-refractivity contribution in [2.75, 3.05) is 6.61 Å². The van der Waals surface area contributed by atoms with E-state index in [0.29, 0.717) is 6.61 Å². The lowest BCUT2D eigenvalue weighted by Gasteiger charge is -2.06. The maximum atomic E-state index is 5.92. The third kappa shape index (κ3) is 2.51. The summed E-state index contributed by atoms with van der Waals surface area (Å²) in [7, 11) is 0. The normalized spacial score (nSPS) is 12.9. The van der Waals surface area contributed by atoms with Gasteiger partial charge >= 0.3 is 0 Å². The van der Waals surface area contributed by atoms with Crippen LogP contribution in [0.4, 0.5) is 0 Å². The molecule has 0 aliphatic rings. The summed E-state index contributed by atoms with van der Waals surface area (Å²) >= 11 is 0. The molecule has 3 heteroatoms. The van der Waals surface area contributed by atoms with Crippen LogP contribution in [0.25, 0.3) is 10.9 Å². The molecule has 2 N–H and O–H groups in total. The largest absolute Gasteiger partial charge is 0.494 e. The third-order valence-electron chi connectivity index (χ3n) is 3.13. The van der Waals surface area contributed by atoms with E-state index in [2.05, 4.69) is 29.8 Å². The molecule has 2 rings (SSSR count). The lowest BCUT2D eigenvalue weighted by molar-refractivity contribution is 0.340. The Kier molecular flexibility index (Phi) is 3.92. The van der Waals surface area contributed by atoms with Gasteiger partial charge < -0.3 is 15.0 Å². The van der Waals surface area contributed by atoms with Crippen LogP contribution in [-0.4, -0.2) is 17.2 Å². The van der Waals surface area contributed by atoms with Gasteiger partial charge in [0.15, 0.2) is 0 Å². The molecule has 0 saturated carbocycles. The Morgan fingerprint density at radius 2 is 2.11 bits per heavy atom. The number of rotatable bonds is 5. The van der Waals surface area contributed by atoms with Gasteiger partial charge in [-0.2, -0.15) is 0 Å². The molecule has 0 radical (unpaired) electrons. The summed E-state index contributed by atoms with van der Waals surface area (Å²) < 4.78 is 7.84. The first-order valence-corrected chi connectivity index (χ1v) is 6.65. The molecule has 1 aromatic carbocycles. The van der Waals surface area contributed by atoms with E-state index >= 15 is 0 Å². The molecule has 0 spiro atoms. The second kappa shape index (κ2) is 5.44. The zero-order chi connectivity index (χ0) is 13.1. The SMILES string of the molecule is CCOc1ccc2c(c1)c(CC(C)N)cn2CC. The summed E-state index contributed by atoms with van der Waals surface area (Å²) in [6, 6.07) is 6.47. The molecule has 0 aliphatic heterocycles. The Hall–Kier alpha value is -1.48. The molecular weight excluding hydrogens is 224 g/mol. The van der Waals surface area contributed by atoms with Gasteiger partial charge in [0.2, 0.25) is 0 Å². The van der Waals surface area contributed by atoms with Crippen molar-refractivity contribution >= 4 is 10.9 Å². The van der Waals surface area contributed by atoms with Crippen molar-refractivity contribution < 1.29 is 4.74 Å². The summed E-state index contributed by atoms with van der Waals surface area (Å²) in [5.41, 5.74) is 8.49. The highest BCUT2D eigenvalue weighted by atomic mass is 16.5. The average Bonchev–Trinajstić information content (AvgIpc) is 2.67. The van der Waals surface area contributed by atoms with Gasteiger partial charge in [0.25, 0.3) is 0 Å².